The highest BCUT2D eigenvalue weighted by Crippen LogP contribution is 2.45. The molecule has 1 heterocycles. The number of carbonyl (C=O) groups excluding carboxylic acids is 1. The van der Waals surface area contributed by atoms with Crippen LogP contribution in [0.1, 0.15) is 31.4 Å². The van der Waals surface area contributed by atoms with Crippen molar-refractivity contribution in [2.24, 2.45) is 0 Å². The Morgan fingerprint density at radius 1 is 1.00 bits per heavy atom. The Labute approximate surface area is 156 Å². The molecule has 0 bridgehead atoms. The van der Waals surface area contributed by atoms with E-state index in [1.165, 1.54) is 18.2 Å². The van der Waals surface area contributed by atoms with Crippen molar-refractivity contribution in [3.63, 3.8) is 0 Å². The molecule has 0 aliphatic carbocycles. The summed E-state index contributed by atoms with van der Waals surface area (Å²) in [5.74, 6) is -2.71. The lowest BCUT2D eigenvalue weighted by Gasteiger charge is -2.25. The van der Waals surface area contributed by atoms with Crippen molar-refractivity contribution in [3.8, 4) is 0 Å². The summed E-state index contributed by atoms with van der Waals surface area (Å²) in [7, 11) is -3.37. The maximum absolute atomic E-state index is 13.7. The molecule has 1 aliphatic rings. The van der Waals surface area contributed by atoms with Crippen LogP contribution in [0.5, 0.6) is 0 Å². The molecule has 2 aromatic carbocycles. The zero-order chi connectivity index (χ0) is 20.0. The molecule has 0 amide bonds. The van der Waals surface area contributed by atoms with Gasteiger partial charge in [0.25, 0.3) is 0 Å². The fraction of sp³-hybridized carbons (Fsp3) is 0.250. The molecule has 3 rings (SSSR count). The summed E-state index contributed by atoms with van der Waals surface area (Å²) in [6.07, 6.45) is 1.56. The molecule has 0 aromatic heterocycles. The number of hydrogen-bond acceptors (Lipinski definition) is 4. The highest BCUT2D eigenvalue weighted by Gasteiger charge is 2.44. The van der Waals surface area contributed by atoms with E-state index in [0.29, 0.717) is 17.6 Å². The Hall–Kier alpha value is -2.54. The molecule has 0 saturated heterocycles. The van der Waals surface area contributed by atoms with Crippen molar-refractivity contribution >= 4 is 27.0 Å². The summed E-state index contributed by atoms with van der Waals surface area (Å²) in [5, 5.41) is 0. The summed E-state index contributed by atoms with van der Waals surface area (Å²) in [5.41, 5.74) is 0.478. The standard InChI is InChI=1S/C20H18F2O4S/c1-4-20(2)18(12-5-8-14(9-6-12)27(3,24)25)17(19(23)26-20)13-7-10-15(21)16(22)11-13/h5-11H,4H2,1-3H3. The van der Waals surface area contributed by atoms with Crippen LogP contribution in [0.15, 0.2) is 47.4 Å². The molecule has 4 nitrogen and oxygen atoms in total. The number of halogens is 2. The summed E-state index contributed by atoms with van der Waals surface area (Å²) < 4.78 is 56.0. The summed E-state index contributed by atoms with van der Waals surface area (Å²) in [6.45, 7) is 3.57. The minimum absolute atomic E-state index is 0.143. The van der Waals surface area contributed by atoms with E-state index in [2.05, 4.69) is 0 Å². The molecule has 0 N–H and O–H groups in total. The Bertz CT molecular complexity index is 1060. The van der Waals surface area contributed by atoms with Crippen molar-refractivity contribution in [2.75, 3.05) is 6.26 Å². The van der Waals surface area contributed by atoms with Crippen LogP contribution in [-0.2, 0) is 19.4 Å². The van der Waals surface area contributed by atoms with E-state index in [0.717, 1.165) is 18.4 Å². The third kappa shape index (κ3) is 3.39. The molecule has 0 fully saturated rings. The summed E-state index contributed by atoms with van der Waals surface area (Å²) in [6, 6.07) is 9.29. The van der Waals surface area contributed by atoms with Gasteiger partial charge in [0.15, 0.2) is 21.5 Å². The van der Waals surface area contributed by atoms with Gasteiger partial charge in [-0.2, -0.15) is 0 Å². The van der Waals surface area contributed by atoms with Crippen molar-refractivity contribution in [1.82, 2.24) is 0 Å². The number of ether oxygens (including phenoxy) is 1. The lowest BCUT2D eigenvalue weighted by molar-refractivity contribution is -0.143. The fourth-order valence-corrected chi connectivity index (χ4v) is 3.78. The van der Waals surface area contributed by atoms with Crippen LogP contribution in [0, 0.1) is 11.6 Å². The summed E-state index contributed by atoms with van der Waals surface area (Å²) >= 11 is 0. The van der Waals surface area contributed by atoms with Crippen LogP contribution in [0.3, 0.4) is 0 Å². The van der Waals surface area contributed by atoms with Crippen molar-refractivity contribution in [2.45, 2.75) is 30.8 Å². The van der Waals surface area contributed by atoms with Gasteiger partial charge >= 0.3 is 5.97 Å². The molecule has 2 aromatic rings. The highest BCUT2D eigenvalue weighted by atomic mass is 32.2. The van der Waals surface area contributed by atoms with E-state index in [9.17, 15) is 22.0 Å². The first kappa shape index (κ1) is 19.2. The van der Waals surface area contributed by atoms with Gasteiger partial charge in [0.05, 0.1) is 10.5 Å². The molecular weight excluding hydrogens is 374 g/mol. The van der Waals surface area contributed by atoms with E-state index >= 15 is 0 Å². The van der Waals surface area contributed by atoms with Gasteiger partial charge in [0.1, 0.15) is 5.60 Å². The van der Waals surface area contributed by atoms with E-state index in [1.807, 2.05) is 6.92 Å². The average molecular weight is 392 g/mol. The summed E-state index contributed by atoms with van der Waals surface area (Å²) in [4.78, 5) is 12.7. The van der Waals surface area contributed by atoms with Gasteiger partial charge in [-0.1, -0.05) is 25.1 Å². The van der Waals surface area contributed by atoms with Crippen LogP contribution in [0.4, 0.5) is 8.78 Å². The smallest absolute Gasteiger partial charge is 0.340 e. The second-order valence-corrected chi connectivity index (χ2v) is 8.67. The molecule has 1 atom stereocenters. The molecule has 0 spiro atoms. The fourth-order valence-electron chi connectivity index (χ4n) is 3.15. The second-order valence-electron chi connectivity index (χ2n) is 6.65. The quantitative estimate of drug-likeness (QED) is 0.738. The maximum atomic E-state index is 13.7. The zero-order valence-electron chi connectivity index (χ0n) is 15.0. The Morgan fingerprint density at radius 3 is 2.11 bits per heavy atom. The monoisotopic (exact) mass is 392 g/mol. The number of sulfone groups is 1. The van der Waals surface area contributed by atoms with Gasteiger partial charge in [-0.25, -0.2) is 22.0 Å². The van der Waals surface area contributed by atoms with E-state index in [1.54, 1.807) is 19.1 Å². The van der Waals surface area contributed by atoms with Crippen molar-refractivity contribution in [3.05, 3.63) is 65.2 Å². The Morgan fingerprint density at radius 2 is 1.59 bits per heavy atom. The molecule has 142 valence electrons. The minimum Gasteiger partial charge on any atom is -0.451 e. The van der Waals surface area contributed by atoms with E-state index in [-0.39, 0.29) is 16.0 Å². The second kappa shape index (κ2) is 6.56. The van der Waals surface area contributed by atoms with E-state index in [4.69, 9.17) is 4.74 Å². The van der Waals surface area contributed by atoms with Gasteiger partial charge in [0.2, 0.25) is 0 Å². The average Bonchev–Trinajstić information content (AvgIpc) is 2.88. The van der Waals surface area contributed by atoms with Crippen LogP contribution in [-0.4, -0.2) is 26.2 Å². The lowest BCUT2D eigenvalue weighted by atomic mass is 9.84. The third-order valence-corrected chi connectivity index (χ3v) is 5.88. The van der Waals surface area contributed by atoms with Crippen LogP contribution in [0.25, 0.3) is 11.1 Å². The molecule has 7 heteroatoms. The topological polar surface area (TPSA) is 60.4 Å². The number of cyclic esters (lactones) is 1. The largest absolute Gasteiger partial charge is 0.451 e. The number of carbonyl (C=O) groups is 1. The number of hydrogen-bond donors (Lipinski definition) is 0. The van der Waals surface area contributed by atoms with E-state index < -0.39 is 33.0 Å². The predicted molar refractivity (Wildman–Crippen MR) is 97.5 cm³/mol. The number of esters is 1. The first-order valence-electron chi connectivity index (χ1n) is 8.31. The van der Waals surface area contributed by atoms with Crippen LogP contribution < -0.4 is 0 Å². The minimum atomic E-state index is -3.37. The molecule has 0 saturated carbocycles. The zero-order valence-corrected chi connectivity index (χ0v) is 15.9. The van der Waals surface area contributed by atoms with Gasteiger partial charge in [-0.05, 0) is 48.7 Å². The molecule has 1 aliphatic heterocycles. The normalized spacial score (nSPS) is 20.1. The number of rotatable bonds is 4. The lowest BCUT2D eigenvalue weighted by Crippen LogP contribution is -2.26. The predicted octanol–water partition coefficient (Wildman–Crippen LogP) is 4.00. The molecule has 1 unspecified atom stereocenters. The van der Waals surface area contributed by atoms with Gasteiger partial charge in [0, 0.05) is 11.8 Å². The maximum Gasteiger partial charge on any atom is 0.340 e. The SMILES string of the molecule is CCC1(C)OC(=O)C(c2ccc(F)c(F)c2)=C1c1ccc(S(C)(=O)=O)cc1. The Balaban J connectivity index is 2.25. The van der Waals surface area contributed by atoms with Gasteiger partial charge in [-0.15, -0.1) is 0 Å². The van der Waals surface area contributed by atoms with Crippen LogP contribution >= 0.6 is 0 Å². The van der Waals surface area contributed by atoms with Crippen molar-refractivity contribution < 1.29 is 26.7 Å². The highest BCUT2D eigenvalue weighted by molar-refractivity contribution is 7.90. The first-order valence-corrected chi connectivity index (χ1v) is 10.2. The molecular formula is C20H18F2O4S. The molecule has 27 heavy (non-hydrogen) atoms. The number of benzene rings is 2. The Kier molecular flexibility index (Phi) is 4.67. The van der Waals surface area contributed by atoms with Crippen molar-refractivity contribution in [1.29, 1.82) is 0 Å². The van der Waals surface area contributed by atoms with Crippen LogP contribution in [0.2, 0.25) is 0 Å². The first-order chi connectivity index (χ1) is 12.6. The third-order valence-electron chi connectivity index (χ3n) is 4.76. The molecule has 0 radical (unpaired) electrons. The van der Waals surface area contributed by atoms with Gasteiger partial charge in [-0.3, -0.25) is 0 Å². The van der Waals surface area contributed by atoms with Gasteiger partial charge < -0.3 is 4.74 Å².